The maximum Gasteiger partial charge on any atom is 0.255 e. The summed E-state index contributed by atoms with van der Waals surface area (Å²) in [5.41, 5.74) is 0.552. The molecule has 3 fully saturated rings. The van der Waals surface area contributed by atoms with E-state index in [1.54, 1.807) is 19.3 Å². The van der Waals surface area contributed by atoms with Crippen molar-refractivity contribution in [1.82, 2.24) is 14.4 Å². The zero-order valence-electron chi connectivity index (χ0n) is 16.6. The number of aryl methyl sites for hydroxylation is 1. The van der Waals surface area contributed by atoms with Gasteiger partial charge in [-0.1, -0.05) is 0 Å². The number of carbonyl (C=O) groups excluding carboxylic acids is 2. The molecule has 7 heteroatoms. The van der Waals surface area contributed by atoms with Gasteiger partial charge in [-0.3, -0.25) is 14.4 Å². The van der Waals surface area contributed by atoms with Gasteiger partial charge in [0.2, 0.25) is 11.5 Å². The summed E-state index contributed by atoms with van der Waals surface area (Å²) in [5.74, 6) is 0.221. The zero-order chi connectivity index (χ0) is 19.7. The lowest BCUT2D eigenvalue weighted by atomic mass is 9.72. The number of likely N-dealkylation sites (tertiary alicyclic amines) is 2. The molecule has 1 spiro atoms. The smallest absolute Gasteiger partial charge is 0.255 e. The van der Waals surface area contributed by atoms with Crippen LogP contribution >= 0.6 is 0 Å². The zero-order valence-corrected chi connectivity index (χ0v) is 16.6. The van der Waals surface area contributed by atoms with Crippen LogP contribution in [0.25, 0.3) is 0 Å². The Labute approximate surface area is 165 Å². The third-order valence-electron chi connectivity index (χ3n) is 6.64. The van der Waals surface area contributed by atoms with E-state index in [2.05, 4.69) is 0 Å². The molecule has 0 radical (unpaired) electrons. The predicted molar refractivity (Wildman–Crippen MR) is 104 cm³/mol. The number of pyridine rings is 1. The Balaban J connectivity index is 1.38. The number of amides is 2. The van der Waals surface area contributed by atoms with Crippen LogP contribution in [0.15, 0.2) is 23.1 Å². The van der Waals surface area contributed by atoms with Crippen LogP contribution in [0.4, 0.5) is 0 Å². The van der Waals surface area contributed by atoms with Crippen molar-refractivity contribution in [3.63, 3.8) is 0 Å². The number of ether oxygens (including phenoxy) is 1. The van der Waals surface area contributed by atoms with E-state index in [4.69, 9.17) is 4.74 Å². The first-order chi connectivity index (χ1) is 13.5. The molecule has 4 heterocycles. The average Bonchev–Trinajstić information content (AvgIpc) is 3.20. The van der Waals surface area contributed by atoms with Gasteiger partial charge in [-0.05, 0) is 43.6 Å². The van der Waals surface area contributed by atoms with Crippen LogP contribution in [-0.4, -0.2) is 65.1 Å². The van der Waals surface area contributed by atoms with Crippen molar-refractivity contribution in [3.8, 4) is 0 Å². The van der Waals surface area contributed by atoms with Crippen molar-refractivity contribution < 1.29 is 14.3 Å². The van der Waals surface area contributed by atoms with E-state index in [1.807, 2.05) is 9.80 Å². The molecule has 0 saturated carbocycles. The molecule has 3 aliphatic rings. The molecule has 0 N–H and O–H groups in total. The van der Waals surface area contributed by atoms with E-state index in [-0.39, 0.29) is 28.9 Å². The highest BCUT2D eigenvalue weighted by atomic mass is 16.5. The highest BCUT2D eigenvalue weighted by Crippen LogP contribution is 2.40. The van der Waals surface area contributed by atoms with Crippen LogP contribution in [0.2, 0.25) is 0 Å². The Morgan fingerprint density at radius 3 is 2.68 bits per heavy atom. The first-order valence-electron chi connectivity index (χ1n) is 10.3. The molecule has 1 aromatic heterocycles. The van der Waals surface area contributed by atoms with E-state index in [9.17, 15) is 14.4 Å². The van der Waals surface area contributed by atoms with Crippen molar-refractivity contribution >= 4 is 11.8 Å². The maximum absolute atomic E-state index is 12.8. The summed E-state index contributed by atoms with van der Waals surface area (Å²) in [6.07, 6.45) is 7.26. The van der Waals surface area contributed by atoms with Gasteiger partial charge in [-0.15, -0.1) is 0 Å². The summed E-state index contributed by atoms with van der Waals surface area (Å²) in [7, 11) is 1.66. The molecule has 2 amide bonds. The summed E-state index contributed by atoms with van der Waals surface area (Å²) < 4.78 is 7.16. The molecule has 4 rings (SSSR count). The minimum atomic E-state index is -0.118. The van der Waals surface area contributed by atoms with Crippen LogP contribution in [-0.2, 0) is 16.6 Å². The van der Waals surface area contributed by atoms with Gasteiger partial charge < -0.3 is 19.1 Å². The van der Waals surface area contributed by atoms with Crippen molar-refractivity contribution in [3.05, 3.63) is 34.2 Å². The summed E-state index contributed by atoms with van der Waals surface area (Å²) >= 11 is 0. The number of hydrogen-bond donors (Lipinski definition) is 0. The number of hydrogen-bond acceptors (Lipinski definition) is 4. The fraction of sp³-hybridized carbons (Fsp3) is 0.667. The van der Waals surface area contributed by atoms with Crippen molar-refractivity contribution in [2.24, 2.45) is 12.5 Å². The molecule has 0 unspecified atom stereocenters. The van der Waals surface area contributed by atoms with Crippen LogP contribution in [0, 0.1) is 5.41 Å². The molecule has 0 aliphatic carbocycles. The molecule has 3 aliphatic heterocycles. The van der Waals surface area contributed by atoms with Gasteiger partial charge in [0.1, 0.15) is 0 Å². The number of rotatable bonds is 3. The fourth-order valence-corrected chi connectivity index (χ4v) is 4.80. The fourth-order valence-electron chi connectivity index (χ4n) is 4.80. The minimum Gasteiger partial charge on any atom is -0.376 e. The molecule has 152 valence electrons. The van der Waals surface area contributed by atoms with Crippen molar-refractivity contribution in [1.29, 1.82) is 0 Å². The lowest BCUT2D eigenvalue weighted by molar-refractivity contribution is -0.141. The van der Waals surface area contributed by atoms with Gasteiger partial charge in [0, 0.05) is 58.5 Å². The third kappa shape index (κ3) is 3.85. The Kier molecular flexibility index (Phi) is 5.27. The lowest BCUT2D eigenvalue weighted by Crippen LogP contribution is -2.53. The molecule has 0 aromatic carbocycles. The first-order valence-corrected chi connectivity index (χ1v) is 10.3. The van der Waals surface area contributed by atoms with E-state index < -0.39 is 0 Å². The second kappa shape index (κ2) is 7.70. The monoisotopic (exact) mass is 387 g/mol. The molecule has 3 saturated heterocycles. The van der Waals surface area contributed by atoms with Crippen molar-refractivity contribution in [2.45, 2.75) is 44.6 Å². The molecule has 1 atom stereocenters. The van der Waals surface area contributed by atoms with Gasteiger partial charge in [-0.2, -0.15) is 0 Å². The van der Waals surface area contributed by atoms with Crippen LogP contribution in [0.3, 0.4) is 0 Å². The summed E-state index contributed by atoms with van der Waals surface area (Å²) in [6, 6.07) is 3.05. The van der Waals surface area contributed by atoms with E-state index >= 15 is 0 Å². The Hall–Kier alpha value is -2.15. The van der Waals surface area contributed by atoms with Crippen LogP contribution in [0.1, 0.15) is 48.9 Å². The Morgan fingerprint density at radius 1 is 1.21 bits per heavy atom. The Bertz CT molecular complexity index is 804. The predicted octanol–water partition coefficient (Wildman–Crippen LogP) is 1.41. The molecular formula is C21H29N3O4. The number of aromatic nitrogens is 1. The Morgan fingerprint density at radius 2 is 2.00 bits per heavy atom. The van der Waals surface area contributed by atoms with Gasteiger partial charge >= 0.3 is 0 Å². The SMILES string of the molecule is Cn1cc(C(=O)N2CCC3(CCC(=O)N(C[C@H]4CCCO4)C3)CC2)ccc1=O. The normalized spacial score (nSPS) is 24.8. The topological polar surface area (TPSA) is 71.8 Å². The second-order valence-electron chi connectivity index (χ2n) is 8.57. The second-order valence-corrected chi connectivity index (χ2v) is 8.57. The largest absolute Gasteiger partial charge is 0.376 e. The average molecular weight is 387 g/mol. The van der Waals surface area contributed by atoms with E-state index in [1.165, 1.54) is 10.6 Å². The van der Waals surface area contributed by atoms with Crippen LogP contribution in [0.5, 0.6) is 0 Å². The maximum atomic E-state index is 12.8. The number of nitrogens with zero attached hydrogens (tertiary/aromatic N) is 3. The van der Waals surface area contributed by atoms with Gasteiger partial charge in [0.05, 0.1) is 11.7 Å². The minimum absolute atomic E-state index is 0.0199. The number of piperidine rings is 2. The lowest BCUT2D eigenvalue weighted by Gasteiger charge is -2.47. The summed E-state index contributed by atoms with van der Waals surface area (Å²) in [6.45, 7) is 3.70. The van der Waals surface area contributed by atoms with Gasteiger partial charge in [0.25, 0.3) is 5.91 Å². The molecular weight excluding hydrogens is 358 g/mol. The van der Waals surface area contributed by atoms with E-state index in [0.717, 1.165) is 45.3 Å². The molecule has 28 heavy (non-hydrogen) atoms. The highest BCUT2D eigenvalue weighted by molar-refractivity contribution is 5.94. The van der Waals surface area contributed by atoms with Gasteiger partial charge in [0.15, 0.2) is 0 Å². The molecule has 7 nitrogen and oxygen atoms in total. The number of carbonyl (C=O) groups is 2. The molecule has 0 bridgehead atoms. The highest BCUT2D eigenvalue weighted by Gasteiger charge is 2.42. The van der Waals surface area contributed by atoms with E-state index in [0.29, 0.717) is 31.6 Å². The van der Waals surface area contributed by atoms with Crippen molar-refractivity contribution in [2.75, 3.05) is 32.8 Å². The van der Waals surface area contributed by atoms with Gasteiger partial charge in [-0.25, -0.2) is 0 Å². The summed E-state index contributed by atoms with van der Waals surface area (Å²) in [4.78, 5) is 40.6. The quantitative estimate of drug-likeness (QED) is 0.786. The third-order valence-corrected chi connectivity index (χ3v) is 6.64. The summed E-state index contributed by atoms with van der Waals surface area (Å²) in [5, 5.41) is 0. The standard InChI is InChI=1S/C21H29N3O4/c1-22-13-16(4-5-18(22)25)20(27)23-10-8-21(9-11-23)7-6-19(26)24(15-21)14-17-3-2-12-28-17/h4-5,13,17H,2-3,6-12,14-15H2,1H3/t17-/m1/s1. The molecule has 1 aromatic rings. The van der Waals surface area contributed by atoms with Crippen LogP contribution < -0.4 is 5.56 Å². The first kappa shape index (κ1) is 19.2.